The summed E-state index contributed by atoms with van der Waals surface area (Å²) in [5.41, 5.74) is 7.97. The molecule has 0 fully saturated rings. The fraction of sp³-hybridized carbons (Fsp3) is 0. The number of hydrogen-bond acceptors (Lipinski definition) is 4. The molecule has 3 heterocycles. The molecule has 0 aliphatic heterocycles. The average Bonchev–Trinajstić information content (AvgIpc) is 3.78. The molecule has 0 saturated heterocycles. The highest BCUT2D eigenvalue weighted by Gasteiger charge is 2.19. The van der Waals surface area contributed by atoms with Gasteiger partial charge >= 0.3 is 0 Å². The average molecular weight is 646 g/mol. The first-order valence-corrected chi connectivity index (χ1v) is 16.3. The van der Waals surface area contributed by atoms with Crippen molar-refractivity contribution >= 4 is 43.7 Å². The summed E-state index contributed by atoms with van der Waals surface area (Å²) in [4.78, 5) is 14.2. The lowest BCUT2D eigenvalue weighted by Crippen LogP contribution is -2.00. The summed E-state index contributed by atoms with van der Waals surface area (Å²) >= 11 is 0. The van der Waals surface area contributed by atoms with E-state index in [1.807, 2.05) is 66.7 Å². The number of aromatic nitrogens is 4. The van der Waals surface area contributed by atoms with Crippen molar-refractivity contribution in [1.29, 1.82) is 0 Å². The molecule has 0 amide bonds. The maximum atomic E-state index is 8.64. The Morgan fingerprint density at radius 1 is 0.440 bits per heavy atom. The van der Waals surface area contributed by atoms with Crippen LogP contribution in [0.2, 0.25) is 0 Å². The molecule has 0 radical (unpaired) electrons. The van der Waals surface area contributed by atoms with Crippen LogP contribution in [-0.2, 0) is 0 Å². The van der Waals surface area contributed by atoms with Gasteiger partial charge in [-0.25, -0.2) is 15.0 Å². The normalized spacial score (nSPS) is 13.0. The number of fused-ring (bicyclic) bond motifs is 6. The van der Waals surface area contributed by atoms with Crippen molar-refractivity contribution < 1.29 is 11.3 Å². The molecule has 50 heavy (non-hydrogen) atoms. The van der Waals surface area contributed by atoms with Crippen LogP contribution < -0.4 is 0 Å². The maximum Gasteiger partial charge on any atom is 0.164 e. The van der Waals surface area contributed by atoms with E-state index in [0.29, 0.717) is 22.5 Å². The molecule has 0 unspecified atom stereocenters. The summed E-state index contributed by atoms with van der Waals surface area (Å²) < 4.78 is 50.8. The van der Waals surface area contributed by atoms with Gasteiger partial charge in [-0.1, -0.05) is 133 Å². The minimum atomic E-state index is -0.483. The molecule has 0 N–H and O–H groups in total. The number of rotatable bonds is 5. The van der Waals surface area contributed by atoms with Crippen LogP contribution >= 0.6 is 0 Å². The van der Waals surface area contributed by atoms with Crippen molar-refractivity contribution in [3.05, 3.63) is 170 Å². The van der Waals surface area contributed by atoms with Crippen LogP contribution in [0.4, 0.5) is 0 Å². The minimum absolute atomic E-state index is 0.0194. The van der Waals surface area contributed by atoms with Crippen LogP contribution in [0.25, 0.3) is 94.7 Å². The van der Waals surface area contributed by atoms with Crippen molar-refractivity contribution in [3.63, 3.8) is 0 Å². The Kier molecular flexibility index (Phi) is 5.35. The SMILES string of the molecule is [2H]c1c([2H])c([2H])c(-c2nc(-c3ccccc3)nc(-c3ccc4c(c3)oc3cccc(-n5c6ccccc6c6ccc(-c7ccccc7)cc65)c34)n2)c([2H])c1[2H]. The van der Waals surface area contributed by atoms with E-state index in [1.54, 1.807) is 0 Å². The van der Waals surface area contributed by atoms with E-state index in [1.165, 1.54) is 0 Å². The van der Waals surface area contributed by atoms with Crippen LogP contribution in [0, 0.1) is 0 Å². The second-order valence-electron chi connectivity index (χ2n) is 12.1. The Morgan fingerprint density at radius 3 is 1.88 bits per heavy atom. The summed E-state index contributed by atoms with van der Waals surface area (Å²) in [6.45, 7) is 0. The molecule has 0 aliphatic rings. The Morgan fingerprint density at radius 2 is 1.08 bits per heavy atom. The third-order valence-corrected chi connectivity index (χ3v) is 9.15. The Hall–Kier alpha value is -6.85. The molecule has 0 aliphatic carbocycles. The zero-order chi connectivity index (χ0) is 37.4. The number of nitrogens with zero attached hydrogens (tertiary/aromatic N) is 4. The second-order valence-corrected chi connectivity index (χ2v) is 12.1. The third kappa shape index (κ3) is 4.60. The van der Waals surface area contributed by atoms with Crippen molar-refractivity contribution in [1.82, 2.24) is 19.5 Å². The fourth-order valence-electron chi connectivity index (χ4n) is 6.87. The molecule has 5 nitrogen and oxygen atoms in total. The molecule has 5 heteroatoms. The van der Waals surface area contributed by atoms with Crippen LogP contribution in [0.15, 0.2) is 174 Å². The molecule has 234 valence electrons. The molecular weight excluding hydrogens is 613 g/mol. The van der Waals surface area contributed by atoms with E-state index in [2.05, 4.69) is 82.3 Å². The molecule has 3 aromatic heterocycles. The summed E-state index contributed by atoms with van der Waals surface area (Å²) in [7, 11) is 0. The monoisotopic (exact) mass is 645 g/mol. The van der Waals surface area contributed by atoms with Crippen molar-refractivity contribution in [2.75, 3.05) is 0 Å². The largest absolute Gasteiger partial charge is 0.456 e. The number of benzene rings is 7. The predicted molar refractivity (Wildman–Crippen MR) is 203 cm³/mol. The van der Waals surface area contributed by atoms with Gasteiger partial charge in [-0.05, 0) is 47.5 Å². The smallest absolute Gasteiger partial charge is 0.164 e. The van der Waals surface area contributed by atoms with E-state index in [-0.39, 0.29) is 29.3 Å². The van der Waals surface area contributed by atoms with Gasteiger partial charge in [0, 0.05) is 32.8 Å². The Balaban J connectivity index is 1.18. The van der Waals surface area contributed by atoms with Crippen molar-refractivity contribution in [3.8, 4) is 51.0 Å². The zero-order valence-corrected chi connectivity index (χ0v) is 26.5. The summed E-state index contributed by atoms with van der Waals surface area (Å²) in [6.07, 6.45) is 0. The summed E-state index contributed by atoms with van der Waals surface area (Å²) in [6, 6.07) is 44.5. The maximum absolute atomic E-state index is 8.64. The van der Waals surface area contributed by atoms with Crippen LogP contribution in [0.3, 0.4) is 0 Å². The van der Waals surface area contributed by atoms with Gasteiger partial charge in [0.1, 0.15) is 11.2 Å². The number of furan rings is 1. The van der Waals surface area contributed by atoms with Gasteiger partial charge in [0.15, 0.2) is 17.5 Å². The molecule has 10 aromatic rings. The molecule has 0 spiro atoms. The first-order valence-electron chi connectivity index (χ1n) is 18.8. The number of para-hydroxylation sites is 1. The van der Waals surface area contributed by atoms with Crippen molar-refractivity contribution in [2.45, 2.75) is 0 Å². The lowest BCUT2D eigenvalue weighted by atomic mass is 10.0. The highest BCUT2D eigenvalue weighted by molar-refractivity contribution is 6.15. The van der Waals surface area contributed by atoms with Gasteiger partial charge in [-0.2, -0.15) is 0 Å². The molecular formula is C45H28N4O. The van der Waals surface area contributed by atoms with E-state index in [9.17, 15) is 0 Å². The van der Waals surface area contributed by atoms with Gasteiger partial charge in [-0.15, -0.1) is 0 Å². The molecule has 0 atom stereocenters. The highest BCUT2D eigenvalue weighted by Crippen LogP contribution is 2.40. The van der Waals surface area contributed by atoms with E-state index < -0.39 is 18.1 Å². The molecule has 10 rings (SSSR count). The molecule has 7 aromatic carbocycles. The second kappa shape index (κ2) is 11.4. The van der Waals surface area contributed by atoms with Gasteiger partial charge < -0.3 is 8.98 Å². The quantitative estimate of drug-likeness (QED) is 0.187. The lowest BCUT2D eigenvalue weighted by molar-refractivity contribution is 0.669. The topological polar surface area (TPSA) is 56.7 Å². The summed E-state index contributed by atoms with van der Waals surface area (Å²) in [5.74, 6) is 0.559. The fourth-order valence-corrected chi connectivity index (χ4v) is 6.87. The van der Waals surface area contributed by atoms with E-state index >= 15 is 0 Å². The standard InChI is InChI=1S/C45H28N4O/c1-4-13-29(14-5-1)32-23-25-35-34-19-10-11-20-37(34)49(39(35)27-32)38-21-12-22-40-42(38)36-26-24-33(28-41(36)50-40)45-47-43(30-15-6-2-7-16-30)46-44(48-45)31-17-8-3-9-18-31/h1-28H/i2D,6D,7D,15D,16D. The minimum Gasteiger partial charge on any atom is -0.456 e. The summed E-state index contributed by atoms with van der Waals surface area (Å²) in [5, 5.41) is 4.17. The Labute approximate surface area is 294 Å². The van der Waals surface area contributed by atoms with Crippen LogP contribution in [-0.4, -0.2) is 19.5 Å². The first kappa shape index (κ1) is 23.5. The third-order valence-electron chi connectivity index (χ3n) is 9.15. The van der Waals surface area contributed by atoms with Gasteiger partial charge in [0.05, 0.1) is 29.0 Å². The highest BCUT2D eigenvalue weighted by atomic mass is 16.3. The van der Waals surface area contributed by atoms with Gasteiger partial charge in [-0.3, -0.25) is 0 Å². The first-order chi connectivity index (χ1) is 26.9. The van der Waals surface area contributed by atoms with Gasteiger partial charge in [0.2, 0.25) is 0 Å². The van der Waals surface area contributed by atoms with E-state index in [0.717, 1.165) is 55.0 Å². The van der Waals surface area contributed by atoms with Crippen molar-refractivity contribution in [2.24, 2.45) is 0 Å². The predicted octanol–water partition coefficient (Wildman–Crippen LogP) is 11.5. The molecule has 0 saturated carbocycles. The lowest BCUT2D eigenvalue weighted by Gasteiger charge is -2.11. The molecule has 0 bridgehead atoms. The van der Waals surface area contributed by atoms with Crippen LogP contribution in [0.1, 0.15) is 6.85 Å². The van der Waals surface area contributed by atoms with Gasteiger partial charge in [0.25, 0.3) is 0 Å². The zero-order valence-electron chi connectivity index (χ0n) is 31.5. The number of hydrogen-bond donors (Lipinski definition) is 0. The Bertz CT molecular complexity index is 3130. The van der Waals surface area contributed by atoms with Crippen LogP contribution in [0.5, 0.6) is 0 Å². The van der Waals surface area contributed by atoms with E-state index in [4.69, 9.17) is 21.2 Å².